The van der Waals surface area contributed by atoms with Gasteiger partial charge < -0.3 is 89.9 Å². The summed E-state index contributed by atoms with van der Waals surface area (Å²) in [7, 11) is 0. The average molecular weight is 1590 g/mol. The molecule has 3 saturated heterocycles. The minimum atomic E-state index is -1.99. The molecule has 0 aromatic carbocycles. The molecule has 3 aliphatic heterocycles. The lowest BCUT2D eigenvalue weighted by atomic mass is 9.96. The van der Waals surface area contributed by atoms with Gasteiger partial charge in [-0.15, -0.1) is 0 Å². The van der Waals surface area contributed by atoms with Gasteiger partial charge in [0.05, 0.1) is 38.6 Å². The van der Waals surface area contributed by atoms with Crippen molar-refractivity contribution in [2.75, 3.05) is 26.4 Å². The van der Waals surface area contributed by atoms with Crippen molar-refractivity contribution in [3.8, 4) is 0 Å². The molecule has 113 heavy (non-hydrogen) atoms. The second-order valence-corrected chi connectivity index (χ2v) is 30.6. The Morgan fingerprint density at radius 2 is 0.619 bits per heavy atom. The molecule has 3 rings (SSSR count). The maximum absolute atomic E-state index is 13.5. The molecule has 17 atom stereocenters. The standard InChI is InChI=1S/C94H157NO18/c1-3-5-7-9-11-13-15-17-19-21-23-25-27-29-31-33-34-35-36-37-38-39-40-41-42-44-46-48-50-52-54-56-58-60-62-64-66-68-70-72-82(100)95-77(78(99)71-69-67-65-63-61-59-57-55-53-51-49-47-45-43-32-30-28-26-24-22-20-18-16-14-12-10-8-6-4-2)76-108-92-88(106)85(103)90(80(74-97)110-92)113-94-89(107)86(104)91(81(75-98)111-94)112-93-87(105)84(102)83(101)79(73-96)109-93/h5,7,11,13,17,19,23,25,29,31,34-35,37-38,40-41,44,46,50,52,56,58,61,63,69,71,77-81,83-94,96-99,101-107H,3-4,6,8-10,12,14-16,18,20-22,24,26-28,30,32-33,36,39,42-43,45,47-49,51,53-55,57,59-60,62,64-68,70,72-76H2,1-2H3,(H,95,100)/b7-5-,13-11-,19-17-,25-23-,31-29-,35-34-,38-37-,41-40-,46-44-,52-50-,58-56-,63-61+,71-69+. The molecule has 1 amide bonds. The quantitative estimate of drug-likeness (QED) is 0.0199. The third kappa shape index (κ3) is 50.1. The molecule has 12 N–H and O–H groups in total. The van der Waals surface area contributed by atoms with Gasteiger partial charge in [-0.05, 0) is 116 Å². The van der Waals surface area contributed by atoms with Gasteiger partial charge in [-0.3, -0.25) is 4.79 Å². The molecule has 0 aromatic heterocycles. The van der Waals surface area contributed by atoms with Crippen molar-refractivity contribution < 1.29 is 89.4 Å². The van der Waals surface area contributed by atoms with Crippen LogP contribution in [-0.2, 0) is 33.2 Å². The Morgan fingerprint density at radius 3 is 0.991 bits per heavy atom. The van der Waals surface area contributed by atoms with Gasteiger partial charge in [0.1, 0.15) is 73.2 Å². The van der Waals surface area contributed by atoms with E-state index in [0.29, 0.717) is 12.8 Å². The maximum Gasteiger partial charge on any atom is 0.220 e. The Labute approximate surface area is 682 Å². The molecule has 3 aliphatic rings. The van der Waals surface area contributed by atoms with Crippen LogP contribution >= 0.6 is 0 Å². The lowest BCUT2D eigenvalue weighted by molar-refractivity contribution is -0.379. The van der Waals surface area contributed by atoms with E-state index in [4.69, 9.17) is 28.4 Å². The number of rotatable bonds is 69. The molecular formula is C94H157NO18. The lowest BCUT2D eigenvalue weighted by Gasteiger charge is -2.48. The highest BCUT2D eigenvalue weighted by Crippen LogP contribution is 2.33. The molecular weight excluding hydrogens is 1430 g/mol. The van der Waals surface area contributed by atoms with Crippen LogP contribution in [0.3, 0.4) is 0 Å². The molecule has 0 aliphatic carbocycles. The van der Waals surface area contributed by atoms with Crippen LogP contribution in [0.5, 0.6) is 0 Å². The van der Waals surface area contributed by atoms with Crippen molar-refractivity contribution in [3.63, 3.8) is 0 Å². The summed E-state index contributed by atoms with van der Waals surface area (Å²) in [4.78, 5) is 13.5. The van der Waals surface area contributed by atoms with E-state index in [9.17, 15) is 61.0 Å². The van der Waals surface area contributed by atoms with Gasteiger partial charge in [0.15, 0.2) is 18.9 Å². The van der Waals surface area contributed by atoms with Gasteiger partial charge in [0, 0.05) is 6.42 Å². The summed E-state index contributed by atoms with van der Waals surface area (Å²) >= 11 is 0. The van der Waals surface area contributed by atoms with Gasteiger partial charge in [-0.25, -0.2) is 0 Å². The normalized spacial score (nSPS) is 25.6. The zero-order valence-corrected chi connectivity index (χ0v) is 69.5. The van der Waals surface area contributed by atoms with Crippen molar-refractivity contribution in [1.82, 2.24) is 5.32 Å². The van der Waals surface area contributed by atoms with E-state index in [1.165, 1.54) is 141 Å². The minimum absolute atomic E-state index is 0.203. The second kappa shape index (κ2) is 71.5. The zero-order valence-electron chi connectivity index (χ0n) is 69.5. The highest BCUT2D eigenvalue weighted by Gasteiger charge is 2.54. The molecule has 19 nitrogen and oxygen atoms in total. The van der Waals surface area contributed by atoms with Crippen LogP contribution < -0.4 is 5.32 Å². The fraction of sp³-hybridized carbons (Fsp3) is 0.713. The average Bonchev–Trinajstić information content (AvgIpc) is 0.780. The van der Waals surface area contributed by atoms with Crippen molar-refractivity contribution in [1.29, 1.82) is 0 Å². The molecule has 0 saturated carbocycles. The summed E-state index contributed by atoms with van der Waals surface area (Å²) in [6.45, 7) is 1.60. The van der Waals surface area contributed by atoms with Crippen LogP contribution in [0, 0.1) is 0 Å². The third-order valence-electron chi connectivity index (χ3n) is 20.8. The van der Waals surface area contributed by atoms with Crippen LogP contribution in [-0.4, -0.2) is 193 Å². The topological polar surface area (TPSA) is 307 Å². The zero-order chi connectivity index (χ0) is 81.7. The molecule has 3 fully saturated rings. The van der Waals surface area contributed by atoms with Crippen LogP contribution in [0.1, 0.15) is 296 Å². The van der Waals surface area contributed by atoms with Gasteiger partial charge >= 0.3 is 0 Å². The molecule has 0 spiro atoms. The first-order valence-electron chi connectivity index (χ1n) is 44.2. The van der Waals surface area contributed by atoms with Crippen LogP contribution in [0.25, 0.3) is 0 Å². The Hall–Kier alpha value is -4.59. The van der Waals surface area contributed by atoms with E-state index in [2.05, 4.69) is 165 Å². The number of hydrogen-bond donors (Lipinski definition) is 12. The SMILES string of the molecule is CC/C=C\C/C=C\C/C=C\C/C=C\C/C=C\C/C=C\C/C=C\C/C=C\C/C=C\C/C=C\C/C=C\CCCCCCCC(=O)NC(COC1OC(CO)C(OC2OC(CO)C(OC3OC(CO)C(O)C(O)C3O)C(O)C2O)C(O)C1O)C(O)/C=C/CC/C=C/CCCCCCCCCCCCCCCCCCCCCCCCC. The summed E-state index contributed by atoms with van der Waals surface area (Å²) in [5, 5.41) is 121. The third-order valence-corrected chi connectivity index (χ3v) is 20.8. The number of carbonyl (C=O) groups excluding carboxylic acids is 1. The monoisotopic (exact) mass is 1590 g/mol. The summed E-state index contributed by atoms with van der Waals surface area (Å²) in [6, 6.07) is -1.02. The Bertz CT molecular complexity index is 2660. The molecule has 0 radical (unpaired) electrons. The first kappa shape index (κ1) is 103. The van der Waals surface area contributed by atoms with Crippen molar-refractivity contribution >= 4 is 5.91 Å². The Balaban J connectivity index is 1.37. The maximum atomic E-state index is 13.5. The highest BCUT2D eigenvalue weighted by molar-refractivity contribution is 5.76. The summed E-state index contributed by atoms with van der Waals surface area (Å²) in [6.07, 6.45) is 79.5. The fourth-order valence-electron chi connectivity index (χ4n) is 13.8. The number of carbonyl (C=O) groups is 1. The molecule has 19 heteroatoms. The molecule has 0 aromatic rings. The Kier molecular flexibility index (Phi) is 64.9. The van der Waals surface area contributed by atoms with E-state index >= 15 is 0 Å². The lowest BCUT2D eigenvalue weighted by Crippen LogP contribution is -2.66. The van der Waals surface area contributed by atoms with Crippen molar-refractivity contribution in [2.45, 2.75) is 401 Å². The summed E-state index contributed by atoms with van der Waals surface area (Å²) in [5.74, 6) is -0.308. The van der Waals surface area contributed by atoms with Gasteiger partial charge in [-0.1, -0.05) is 332 Å². The number of hydrogen-bond acceptors (Lipinski definition) is 18. The predicted molar refractivity (Wildman–Crippen MR) is 456 cm³/mol. The van der Waals surface area contributed by atoms with Crippen molar-refractivity contribution in [2.24, 2.45) is 0 Å². The smallest absolute Gasteiger partial charge is 0.220 e. The van der Waals surface area contributed by atoms with E-state index in [0.717, 1.165) is 122 Å². The van der Waals surface area contributed by atoms with E-state index in [1.54, 1.807) is 6.08 Å². The first-order valence-corrected chi connectivity index (χ1v) is 44.2. The van der Waals surface area contributed by atoms with Crippen LogP contribution in [0.15, 0.2) is 158 Å². The summed E-state index contributed by atoms with van der Waals surface area (Å²) in [5.41, 5.74) is 0. The van der Waals surface area contributed by atoms with E-state index in [1.807, 2.05) is 6.08 Å². The van der Waals surface area contributed by atoms with Crippen LogP contribution in [0.2, 0.25) is 0 Å². The molecule has 0 bridgehead atoms. The number of aliphatic hydroxyl groups excluding tert-OH is 11. The van der Waals surface area contributed by atoms with Crippen LogP contribution in [0.4, 0.5) is 0 Å². The molecule has 646 valence electrons. The first-order chi connectivity index (χ1) is 55.3. The van der Waals surface area contributed by atoms with E-state index < -0.39 is 124 Å². The Morgan fingerprint density at radius 1 is 0.327 bits per heavy atom. The fourth-order valence-corrected chi connectivity index (χ4v) is 13.8. The van der Waals surface area contributed by atoms with Crippen molar-refractivity contribution in [3.05, 3.63) is 158 Å². The van der Waals surface area contributed by atoms with Gasteiger partial charge in [-0.2, -0.15) is 0 Å². The number of aliphatic hydroxyl groups is 11. The number of nitrogens with one attached hydrogen (secondary N) is 1. The van der Waals surface area contributed by atoms with Gasteiger partial charge in [0.25, 0.3) is 0 Å². The number of amides is 1. The minimum Gasteiger partial charge on any atom is -0.394 e. The second-order valence-electron chi connectivity index (χ2n) is 30.6. The largest absolute Gasteiger partial charge is 0.394 e. The van der Waals surface area contributed by atoms with E-state index in [-0.39, 0.29) is 18.9 Å². The molecule has 17 unspecified atom stereocenters. The molecule has 3 heterocycles. The number of ether oxygens (including phenoxy) is 6. The van der Waals surface area contributed by atoms with Gasteiger partial charge in [0.2, 0.25) is 5.91 Å². The number of unbranched alkanes of at least 4 members (excludes halogenated alkanes) is 29. The number of allylic oxidation sites excluding steroid dienone is 25. The predicted octanol–water partition coefficient (Wildman–Crippen LogP) is 16.7. The highest BCUT2D eigenvalue weighted by atomic mass is 16.8. The summed E-state index contributed by atoms with van der Waals surface area (Å²) < 4.78 is 34.5.